The Morgan fingerprint density at radius 1 is 1.29 bits per heavy atom. The van der Waals surface area contributed by atoms with Crippen LogP contribution in [0, 0.1) is 0 Å². The Hall–Kier alpha value is -1.74. The molecule has 1 rings (SSSR count). The van der Waals surface area contributed by atoms with Crippen LogP contribution in [0.3, 0.4) is 0 Å². The molecule has 0 aliphatic heterocycles. The molecule has 0 fully saturated rings. The van der Waals surface area contributed by atoms with Crippen LogP contribution in [0.25, 0.3) is 0 Å². The molecule has 0 aliphatic rings. The molecule has 0 saturated heterocycles. The first-order valence-electron chi connectivity index (χ1n) is 5.74. The van der Waals surface area contributed by atoms with E-state index in [2.05, 4.69) is 5.32 Å². The van der Waals surface area contributed by atoms with Crippen molar-refractivity contribution in [3.63, 3.8) is 0 Å². The smallest absolute Gasteiger partial charge is 0.446 e. The molecule has 0 spiro atoms. The number of alkyl halides is 3. The first-order chi connectivity index (χ1) is 9.74. The Bertz CT molecular complexity index is 521. The summed E-state index contributed by atoms with van der Waals surface area (Å²) in [7, 11) is 0. The third-order valence-corrected chi connectivity index (χ3v) is 3.19. The molecule has 1 aromatic carbocycles. The summed E-state index contributed by atoms with van der Waals surface area (Å²) in [6.45, 7) is -0.476. The van der Waals surface area contributed by atoms with Crippen LogP contribution >= 0.6 is 11.8 Å². The summed E-state index contributed by atoms with van der Waals surface area (Å²) in [6.07, 6.45) is -0.240. The lowest BCUT2D eigenvalue weighted by Gasteiger charge is -2.15. The Kier molecular flexibility index (Phi) is 6.03. The molecule has 5 nitrogen and oxygen atoms in total. The number of amides is 1. The van der Waals surface area contributed by atoms with Gasteiger partial charge < -0.3 is 15.5 Å². The quantitative estimate of drug-likeness (QED) is 0.696. The van der Waals surface area contributed by atoms with Crippen LogP contribution in [0.2, 0.25) is 0 Å². The lowest BCUT2D eigenvalue weighted by molar-refractivity contribution is -0.139. The van der Waals surface area contributed by atoms with Crippen LogP contribution in [0.15, 0.2) is 29.2 Å². The van der Waals surface area contributed by atoms with E-state index in [4.69, 9.17) is 10.2 Å². The number of rotatable bonds is 6. The van der Waals surface area contributed by atoms with E-state index in [1.54, 1.807) is 0 Å². The molecule has 0 bridgehead atoms. The number of benzene rings is 1. The van der Waals surface area contributed by atoms with Crippen molar-refractivity contribution in [3.05, 3.63) is 29.8 Å². The molecular weight excluding hydrogens is 311 g/mol. The van der Waals surface area contributed by atoms with Gasteiger partial charge in [-0.05, 0) is 23.9 Å². The Balaban J connectivity index is 2.94. The molecule has 116 valence electrons. The summed E-state index contributed by atoms with van der Waals surface area (Å²) < 4.78 is 37.2. The summed E-state index contributed by atoms with van der Waals surface area (Å²) in [4.78, 5) is 22.4. The monoisotopic (exact) mass is 323 g/mol. The second-order valence-electron chi connectivity index (χ2n) is 3.92. The van der Waals surface area contributed by atoms with Crippen LogP contribution in [0.5, 0.6) is 0 Å². The standard InChI is InChI=1S/C12H12F3NO4S/c13-12(14,15)21-9-4-2-1-3-7(9)10(18)16-8(5-6-17)11(19)20/h1-4,8,17H,5-6H2,(H,16,18)(H,19,20)/t8-/m0/s1. The maximum Gasteiger partial charge on any atom is 0.446 e. The molecule has 1 amide bonds. The molecule has 1 atom stereocenters. The largest absolute Gasteiger partial charge is 0.480 e. The molecule has 9 heteroatoms. The number of aliphatic hydroxyl groups excluding tert-OH is 1. The lowest BCUT2D eigenvalue weighted by Crippen LogP contribution is -2.41. The fourth-order valence-corrected chi connectivity index (χ4v) is 2.16. The van der Waals surface area contributed by atoms with Gasteiger partial charge in [-0.25, -0.2) is 4.79 Å². The van der Waals surface area contributed by atoms with Gasteiger partial charge in [0.05, 0.1) is 5.56 Å². The van der Waals surface area contributed by atoms with E-state index in [0.717, 1.165) is 6.07 Å². The van der Waals surface area contributed by atoms with Crippen LogP contribution in [0.1, 0.15) is 16.8 Å². The molecule has 0 heterocycles. The van der Waals surface area contributed by atoms with Gasteiger partial charge in [0.2, 0.25) is 0 Å². The van der Waals surface area contributed by atoms with Crippen molar-refractivity contribution in [1.29, 1.82) is 0 Å². The van der Waals surface area contributed by atoms with E-state index < -0.39 is 41.8 Å². The Morgan fingerprint density at radius 3 is 2.43 bits per heavy atom. The Labute approximate surface area is 122 Å². The number of hydrogen-bond donors (Lipinski definition) is 3. The van der Waals surface area contributed by atoms with E-state index in [1.807, 2.05) is 0 Å². The van der Waals surface area contributed by atoms with Crippen LogP contribution in [0.4, 0.5) is 13.2 Å². The van der Waals surface area contributed by atoms with Crippen molar-refractivity contribution in [3.8, 4) is 0 Å². The molecule has 21 heavy (non-hydrogen) atoms. The summed E-state index contributed by atoms with van der Waals surface area (Å²) in [5, 5.41) is 19.6. The molecule has 3 N–H and O–H groups in total. The minimum Gasteiger partial charge on any atom is -0.480 e. The molecule has 0 radical (unpaired) electrons. The van der Waals surface area contributed by atoms with Crippen molar-refractivity contribution >= 4 is 23.6 Å². The topological polar surface area (TPSA) is 86.6 Å². The number of carboxylic acid groups (broad SMARTS) is 1. The van der Waals surface area contributed by atoms with Gasteiger partial charge in [0, 0.05) is 17.9 Å². The van der Waals surface area contributed by atoms with Gasteiger partial charge in [-0.3, -0.25) is 4.79 Å². The number of halogens is 3. The lowest BCUT2D eigenvalue weighted by atomic mass is 10.1. The maximum absolute atomic E-state index is 12.4. The van der Waals surface area contributed by atoms with Crippen molar-refractivity contribution in [2.75, 3.05) is 6.61 Å². The van der Waals surface area contributed by atoms with Crippen molar-refractivity contribution in [2.45, 2.75) is 22.9 Å². The second kappa shape index (κ2) is 7.32. The van der Waals surface area contributed by atoms with Gasteiger partial charge in [-0.1, -0.05) is 12.1 Å². The third-order valence-electron chi connectivity index (χ3n) is 2.38. The van der Waals surface area contributed by atoms with Crippen LogP contribution in [-0.4, -0.2) is 40.2 Å². The predicted molar refractivity (Wildman–Crippen MR) is 68.9 cm³/mol. The normalized spacial score (nSPS) is 12.8. The van der Waals surface area contributed by atoms with Crippen molar-refractivity contribution < 1.29 is 33.0 Å². The highest BCUT2D eigenvalue weighted by Crippen LogP contribution is 2.38. The molecule has 0 saturated carbocycles. The first-order valence-corrected chi connectivity index (χ1v) is 6.55. The highest BCUT2D eigenvalue weighted by Gasteiger charge is 2.31. The average Bonchev–Trinajstić information content (AvgIpc) is 2.36. The van der Waals surface area contributed by atoms with E-state index in [9.17, 15) is 22.8 Å². The van der Waals surface area contributed by atoms with Gasteiger partial charge in [-0.15, -0.1) is 0 Å². The highest BCUT2D eigenvalue weighted by molar-refractivity contribution is 8.00. The van der Waals surface area contributed by atoms with Gasteiger partial charge in [-0.2, -0.15) is 13.2 Å². The fourth-order valence-electron chi connectivity index (χ4n) is 1.49. The first kappa shape index (κ1) is 17.3. The summed E-state index contributed by atoms with van der Waals surface area (Å²) in [5.41, 5.74) is -4.84. The van der Waals surface area contributed by atoms with Crippen molar-refractivity contribution in [2.24, 2.45) is 0 Å². The fraction of sp³-hybridized carbons (Fsp3) is 0.333. The molecule has 1 aromatic rings. The van der Waals surface area contributed by atoms with Crippen LogP contribution in [-0.2, 0) is 4.79 Å². The highest BCUT2D eigenvalue weighted by atomic mass is 32.2. The zero-order valence-corrected chi connectivity index (χ0v) is 11.4. The van der Waals surface area contributed by atoms with Crippen molar-refractivity contribution in [1.82, 2.24) is 5.32 Å². The molecule has 0 unspecified atom stereocenters. The number of thioether (sulfide) groups is 1. The number of carbonyl (C=O) groups is 2. The minimum absolute atomic E-state index is 0.240. The van der Waals surface area contributed by atoms with Gasteiger partial charge in [0.25, 0.3) is 5.91 Å². The minimum atomic E-state index is -4.56. The zero-order valence-electron chi connectivity index (χ0n) is 10.6. The van der Waals surface area contributed by atoms with Crippen LogP contribution < -0.4 is 5.32 Å². The third kappa shape index (κ3) is 5.64. The van der Waals surface area contributed by atoms with E-state index >= 15 is 0 Å². The molecule has 0 aliphatic carbocycles. The number of carboxylic acids is 1. The SMILES string of the molecule is O=C(N[C@@H](CCO)C(=O)O)c1ccccc1SC(F)(F)F. The molecular formula is C12H12F3NO4S. The van der Waals surface area contributed by atoms with E-state index in [0.29, 0.717) is 0 Å². The van der Waals surface area contributed by atoms with Gasteiger partial charge in [0.15, 0.2) is 0 Å². The summed E-state index contributed by atoms with van der Waals surface area (Å²) in [5.74, 6) is -2.32. The zero-order chi connectivity index (χ0) is 16.0. The van der Waals surface area contributed by atoms with Gasteiger partial charge in [0.1, 0.15) is 6.04 Å². The number of carbonyl (C=O) groups excluding carboxylic acids is 1. The van der Waals surface area contributed by atoms with E-state index in [-0.39, 0.29) is 16.9 Å². The number of aliphatic carboxylic acids is 1. The maximum atomic E-state index is 12.4. The van der Waals surface area contributed by atoms with Gasteiger partial charge >= 0.3 is 11.5 Å². The Morgan fingerprint density at radius 2 is 1.90 bits per heavy atom. The predicted octanol–water partition coefficient (Wildman–Crippen LogP) is 1.86. The molecule has 0 aromatic heterocycles. The summed E-state index contributed by atoms with van der Waals surface area (Å²) in [6, 6.07) is 3.63. The van der Waals surface area contributed by atoms with E-state index in [1.165, 1.54) is 18.2 Å². The number of aliphatic hydroxyl groups is 1. The number of nitrogens with one attached hydrogen (secondary N) is 1. The summed E-state index contributed by atoms with van der Waals surface area (Å²) >= 11 is -0.453. The number of hydrogen-bond acceptors (Lipinski definition) is 4. The average molecular weight is 323 g/mol. The second-order valence-corrected chi connectivity index (χ2v) is 5.03.